The smallest absolute Gasteiger partial charge is 0.248 e. The lowest BCUT2D eigenvalue weighted by Gasteiger charge is -2.26. The number of carbonyl (C=O) groups is 1. The standard InChI is InChI=1S/C10H18N2O2/c1-8-6-10(13)12(14-8)7-9-2-4-11-5-3-9/h8-9,11H,2-7H2,1H3. The Bertz CT molecular complexity index is 214. The van der Waals surface area contributed by atoms with Crippen LogP contribution < -0.4 is 5.32 Å². The second-order valence-electron chi connectivity index (χ2n) is 4.27. The molecule has 1 N–H and O–H groups in total. The molecule has 0 aromatic rings. The molecular weight excluding hydrogens is 180 g/mol. The monoisotopic (exact) mass is 198 g/mol. The van der Waals surface area contributed by atoms with Crippen molar-refractivity contribution >= 4 is 5.91 Å². The topological polar surface area (TPSA) is 41.6 Å². The molecule has 1 atom stereocenters. The largest absolute Gasteiger partial charge is 0.317 e. The average Bonchev–Trinajstić information content (AvgIpc) is 2.47. The summed E-state index contributed by atoms with van der Waals surface area (Å²) in [5.41, 5.74) is 0. The summed E-state index contributed by atoms with van der Waals surface area (Å²) in [6.45, 7) is 4.87. The molecule has 2 rings (SSSR count). The Morgan fingerprint density at radius 1 is 1.50 bits per heavy atom. The minimum atomic E-state index is 0.0733. The Hall–Kier alpha value is -0.610. The molecule has 80 valence electrons. The number of nitrogens with zero attached hydrogens (tertiary/aromatic N) is 1. The van der Waals surface area contributed by atoms with Crippen LogP contribution >= 0.6 is 0 Å². The highest BCUT2D eigenvalue weighted by molar-refractivity contribution is 5.77. The summed E-state index contributed by atoms with van der Waals surface area (Å²) in [5, 5.41) is 4.89. The van der Waals surface area contributed by atoms with Crippen LogP contribution in [0.1, 0.15) is 26.2 Å². The molecule has 4 heteroatoms. The summed E-state index contributed by atoms with van der Waals surface area (Å²) in [4.78, 5) is 16.9. The Balaban J connectivity index is 1.81. The third kappa shape index (κ3) is 2.25. The third-order valence-electron chi connectivity index (χ3n) is 2.93. The third-order valence-corrected chi connectivity index (χ3v) is 2.93. The lowest BCUT2D eigenvalue weighted by Crippen LogP contribution is -2.36. The van der Waals surface area contributed by atoms with Gasteiger partial charge in [-0.05, 0) is 38.8 Å². The van der Waals surface area contributed by atoms with Gasteiger partial charge in [-0.2, -0.15) is 0 Å². The van der Waals surface area contributed by atoms with Gasteiger partial charge in [0.2, 0.25) is 5.91 Å². The minimum absolute atomic E-state index is 0.0733. The van der Waals surface area contributed by atoms with Crippen molar-refractivity contribution in [2.45, 2.75) is 32.3 Å². The molecule has 1 amide bonds. The van der Waals surface area contributed by atoms with Crippen molar-refractivity contribution in [3.63, 3.8) is 0 Å². The van der Waals surface area contributed by atoms with Crippen LogP contribution in [0, 0.1) is 5.92 Å². The number of hydrogen-bond acceptors (Lipinski definition) is 3. The fourth-order valence-electron chi connectivity index (χ4n) is 2.10. The van der Waals surface area contributed by atoms with E-state index in [0.717, 1.165) is 32.5 Å². The number of rotatable bonds is 2. The van der Waals surface area contributed by atoms with Crippen LogP contribution in [0.25, 0.3) is 0 Å². The van der Waals surface area contributed by atoms with E-state index in [1.807, 2.05) is 6.92 Å². The van der Waals surface area contributed by atoms with Crippen LogP contribution in [0.3, 0.4) is 0 Å². The Morgan fingerprint density at radius 3 is 2.79 bits per heavy atom. The molecular formula is C10H18N2O2. The predicted octanol–water partition coefficient (Wildman–Crippen LogP) is 0.538. The van der Waals surface area contributed by atoms with E-state index in [1.54, 1.807) is 5.06 Å². The first-order chi connectivity index (χ1) is 6.75. The number of piperidine rings is 1. The summed E-state index contributed by atoms with van der Waals surface area (Å²) in [5.74, 6) is 0.765. The van der Waals surface area contributed by atoms with Gasteiger partial charge >= 0.3 is 0 Å². The zero-order valence-corrected chi connectivity index (χ0v) is 8.66. The number of amides is 1. The molecule has 2 saturated heterocycles. The van der Waals surface area contributed by atoms with Crippen molar-refractivity contribution in [3.05, 3.63) is 0 Å². The summed E-state index contributed by atoms with van der Waals surface area (Å²) in [6, 6.07) is 0. The van der Waals surface area contributed by atoms with Crippen molar-refractivity contribution in [2.24, 2.45) is 5.92 Å². The van der Waals surface area contributed by atoms with Gasteiger partial charge in [-0.25, -0.2) is 5.06 Å². The molecule has 0 spiro atoms. The minimum Gasteiger partial charge on any atom is -0.317 e. The van der Waals surface area contributed by atoms with Crippen molar-refractivity contribution in [1.82, 2.24) is 10.4 Å². The zero-order chi connectivity index (χ0) is 9.97. The van der Waals surface area contributed by atoms with E-state index in [2.05, 4.69) is 5.32 Å². The molecule has 0 aliphatic carbocycles. The maximum absolute atomic E-state index is 11.4. The van der Waals surface area contributed by atoms with Gasteiger partial charge in [-0.3, -0.25) is 9.63 Å². The average molecular weight is 198 g/mol. The van der Waals surface area contributed by atoms with Crippen molar-refractivity contribution in [1.29, 1.82) is 0 Å². The van der Waals surface area contributed by atoms with Gasteiger partial charge in [0.05, 0.1) is 19.1 Å². The highest BCUT2D eigenvalue weighted by Gasteiger charge is 2.30. The first-order valence-electron chi connectivity index (χ1n) is 5.43. The quantitative estimate of drug-likeness (QED) is 0.704. The highest BCUT2D eigenvalue weighted by Crippen LogP contribution is 2.19. The van der Waals surface area contributed by atoms with E-state index < -0.39 is 0 Å². The van der Waals surface area contributed by atoms with Gasteiger partial charge in [-0.15, -0.1) is 0 Å². The normalized spacial score (nSPS) is 29.9. The first kappa shape index (κ1) is 9.93. The Kier molecular flexibility index (Phi) is 3.03. The SMILES string of the molecule is CC1CC(=O)N(CC2CCNCC2)O1. The van der Waals surface area contributed by atoms with E-state index in [1.165, 1.54) is 0 Å². The van der Waals surface area contributed by atoms with Crippen molar-refractivity contribution in [3.8, 4) is 0 Å². The van der Waals surface area contributed by atoms with E-state index >= 15 is 0 Å². The van der Waals surface area contributed by atoms with Crippen molar-refractivity contribution in [2.75, 3.05) is 19.6 Å². The molecule has 0 radical (unpaired) electrons. The summed E-state index contributed by atoms with van der Waals surface area (Å²) in [7, 11) is 0. The molecule has 2 fully saturated rings. The molecule has 0 aromatic carbocycles. The fraction of sp³-hybridized carbons (Fsp3) is 0.900. The van der Waals surface area contributed by atoms with Crippen LogP contribution in [0.5, 0.6) is 0 Å². The van der Waals surface area contributed by atoms with Gasteiger partial charge in [0.1, 0.15) is 0 Å². The van der Waals surface area contributed by atoms with E-state index in [9.17, 15) is 4.79 Å². The highest BCUT2D eigenvalue weighted by atomic mass is 16.7. The molecule has 14 heavy (non-hydrogen) atoms. The maximum atomic E-state index is 11.4. The Morgan fingerprint density at radius 2 is 2.21 bits per heavy atom. The van der Waals surface area contributed by atoms with Crippen LogP contribution in [0.4, 0.5) is 0 Å². The molecule has 0 saturated carbocycles. The summed E-state index contributed by atoms with van der Waals surface area (Å²) >= 11 is 0. The summed E-state index contributed by atoms with van der Waals surface area (Å²) < 4.78 is 0. The molecule has 2 aliphatic rings. The van der Waals surface area contributed by atoms with Gasteiger partial charge in [0.25, 0.3) is 0 Å². The fourth-order valence-corrected chi connectivity index (χ4v) is 2.10. The zero-order valence-electron chi connectivity index (χ0n) is 8.66. The number of hydroxylamine groups is 2. The first-order valence-corrected chi connectivity index (χ1v) is 5.43. The predicted molar refractivity (Wildman–Crippen MR) is 52.5 cm³/mol. The van der Waals surface area contributed by atoms with E-state index in [0.29, 0.717) is 12.3 Å². The maximum Gasteiger partial charge on any atom is 0.248 e. The number of carbonyl (C=O) groups excluding carboxylic acids is 1. The number of nitrogens with one attached hydrogen (secondary N) is 1. The second kappa shape index (κ2) is 4.28. The van der Waals surface area contributed by atoms with Crippen LogP contribution in [0.2, 0.25) is 0 Å². The van der Waals surface area contributed by atoms with Gasteiger partial charge in [0.15, 0.2) is 0 Å². The van der Waals surface area contributed by atoms with Gasteiger partial charge < -0.3 is 5.32 Å². The lowest BCUT2D eigenvalue weighted by molar-refractivity contribution is -0.175. The van der Waals surface area contributed by atoms with Crippen molar-refractivity contribution < 1.29 is 9.63 Å². The van der Waals surface area contributed by atoms with Gasteiger partial charge in [0, 0.05) is 0 Å². The number of hydrogen-bond donors (Lipinski definition) is 1. The molecule has 4 nitrogen and oxygen atoms in total. The molecule has 0 bridgehead atoms. The van der Waals surface area contributed by atoms with E-state index in [4.69, 9.17) is 4.84 Å². The van der Waals surface area contributed by atoms with Crippen LogP contribution in [-0.2, 0) is 9.63 Å². The summed E-state index contributed by atoms with van der Waals surface area (Å²) in [6.07, 6.45) is 2.93. The molecule has 2 heterocycles. The van der Waals surface area contributed by atoms with Crippen LogP contribution in [0.15, 0.2) is 0 Å². The van der Waals surface area contributed by atoms with E-state index in [-0.39, 0.29) is 12.0 Å². The van der Waals surface area contributed by atoms with Crippen LogP contribution in [-0.4, -0.2) is 36.7 Å². The lowest BCUT2D eigenvalue weighted by atomic mass is 9.98. The van der Waals surface area contributed by atoms with Gasteiger partial charge in [-0.1, -0.05) is 0 Å². The molecule has 1 unspecified atom stereocenters. The second-order valence-corrected chi connectivity index (χ2v) is 4.27. The Labute approximate surface area is 84.6 Å². The molecule has 2 aliphatic heterocycles. The molecule has 0 aromatic heterocycles.